The van der Waals surface area contributed by atoms with E-state index in [4.69, 9.17) is 0 Å². The first-order chi connectivity index (χ1) is 20.5. The van der Waals surface area contributed by atoms with Crippen LogP contribution in [0.5, 0.6) is 0 Å². The normalized spacial score (nSPS) is 14.3. The number of aryl methyl sites for hydroxylation is 1. The van der Waals surface area contributed by atoms with E-state index in [2.05, 4.69) is 113 Å². The Kier molecular flexibility index (Phi) is 9.81. The number of nitrogens with zero attached hydrogens (tertiary/aromatic N) is 3. The van der Waals surface area contributed by atoms with Crippen molar-refractivity contribution >= 4 is 28.2 Å². The van der Waals surface area contributed by atoms with E-state index in [1.54, 1.807) is 0 Å². The van der Waals surface area contributed by atoms with Crippen LogP contribution in [0.1, 0.15) is 79.7 Å². The number of nitrogens with one attached hydrogen (secondary N) is 2. The Hall–Kier alpha value is -3.83. The van der Waals surface area contributed by atoms with Crippen LogP contribution < -0.4 is 10.6 Å². The summed E-state index contributed by atoms with van der Waals surface area (Å²) in [4.78, 5) is 7.17. The molecular weight excluding hydrogens is 514 g/mol. The minimum absolute atomic E-state index is 0.660. The second-order valence-corrected chi connectivity index (χ2v) is 11.7. The van der Waals surface area contributed by atoms with E-state index in [-0.39, 0.29) is 0 Å². The van der Waals surface area contributed by atoms with Crippen molar-refractivity contribution in [3.63, 3.8) is 0 Å². The molecule has 2 aromatic carbocycles. The summed E-state index contributed by atoms with van der Waals surface area (Å²) in [5.74, 6) is 2.38. The van der Waals surface area contributed by atoms with Gasteiger partial charge in [-0.3, -0.25) is 0 Å². The maximum Gasteiger partial charge on any atom is 0.130 e. The fraction of sp³-hybridized carbons (Fsp3) is 0.378. The molecule has 42 heavy (non-hydrogen) atoms. The number of hydrogen-bond acceptors (Lipinski definition) is 4. The number of fused-ring (bicyclic) bond motifs is 1. The van der Waals surface area contributed by atoms with Crippen molar-refractivity contribution in [1.29, 1.82) is 0 Å². The van der Waals surface area contributed by atoms with E-state index in [1.165, 1.54) is 78.4 Å². The number of anilines is 1. The van der Waals surface area contributed by atoms with Crippen LogP contribution in [0, 0.1) is 0 Å². The van der Waals surface area contributed by atoms with Crippen molar-refractivity contribution in [3.05, 3.63) is 108 Å². The van der Waals surface area contributed by atoms with Gasteiger partial charge < -0.3 is 20.1 Å². The lowest BCUT2D eigenvalue weighted by Gasteiger charge is -2.31. The fourth-order valence-corrected chi connectivity index (χ4v) is 6.23. The highest BCUT2D eigenvalue weighted by molar-refractivity contribution is 5.85. The SMILES string of the molecule is C=C(Nc1cc(Cc2cc3ccn(C(=C)NC)c3cc2CCCCC)ccn1)c1ccc(C2CCN(CC)CC2)cc1. The molecule has 5 heteroatoms. The van der Waals surface area contributed by atoms with Gasteiger partial charge in [0.2, 0.25) is 0 Å². The van der Waals surface area contributed by atoms with Crippen molar-refractivity contribution in [3.8, 4) is 0 Å². The molecule has 1 saturated heterocycles. The van der Waals surface area contributed by atoms with Gasteiger partial charge in [-0.15, -0.1) is 0 Å². The Balaban J connectivity index is 1.29. The summed E-state index contributed by atoms with van der Waals surface area (Å²) < 4.78 is 2.14. The number of piperidine rings is 1. The number of pyridine rings is 1. The van der Waals surface area contributed by atoms with E-state index in [0.29, 0.717) is 5.92 Å². The minimum Gasteiger partial charge on any atom is -0.375 e. The fourth-order valence-electron chi connectivity index (χ4n) is 6.23. The monoisotopic (exact) mass is 561 g/mol. The zero-order chi connectivity index (χ0) is 29.5. The topological polar surface area (TPSA) is 45.1 Å². The van der Waals surface area contributed by atoms with Crippen molar-refractivity contribution in [2.45, 2.75) is 64.7 Å². The average molecular weight is 562 g/mol. The van der Waals surface area contributed by atoms with Gasteiger partial charge in [-0.05, 0) is 116 Å². The molecule has 5 nitrogen and oxygen atoms in total. The third-order valence-electron chi connectivity index (χ3n) is 8.90. The van der Waals surface area contributed by atoms with Gasteiger partial charge in [-0.25, -0.2) is 4.98 Å². The molecule has 2 N–H and O–H groups in total. The predicted octanol–water partition coefficient (Wildman–Crippen LogP) is 8.29. The van der Waals surface area contributed by atoms with Crippen LogP contribution >= 0.6 is 0 Å². The molecule has 0 unspecified atom stereocenters. The molecule has 4 aromatic rings. The van der Waals surface area contributed by atoms with E-state index in [9.17, 15) is 0 Å². The van der Waals surface area contributed by atoms with Crippen LogP contribution in [0.25, 0.3) is 22.4 Å². The number of likely N-dealkylation sites (tertiary alicyclic amines) is 1. The maximum atomic E-state index is 4.62. The highest BCUT2D eigenvalue weighted by atomic mass is 15.1. The van der Waals surface area contributed by atoms with Crippen LogP contribution in [-0.4, -0.2) is 41.1 Å². The number of hydrogen-bond donors (Lipinski definition) is 2. The molecule has 5 rings (SSSR count). The molecule has 0 radical (unpaired) electrons. The molecule has 0 spiro atoms. The van der Waals surface area contributed by atoms with Gasteiger partial charge in [-0.2, -0.15) is 0 Å². The molecular formula is C37H47N5. The van der Waals surface area contributed by atoms with Crippen molar-refractivity contribution < 1.29 is 0 Å². The molecule has 2 aromatic heterocycles. The zero-order valence-corrected chi connectivity index (χ0v) is 25.8. The molecule has 220 valence electrons. The Morgan fingerprint density at radius 2 is 1.74 bits per heavy atom. The smallest absolute Gasteiger partial charge is 0.130 e. The standard InChI is InChI=1S/C37H47N5/c1-6-8-9-10-33-26-36-34(18-22-42(36)28(4)38-5)25-35(33)23-29-15-19-39-37(24-29)40-27(3)30-11-13-31(14-12-30)32-16-20-41(7-2)21-17-32/h11-15,18-19,22,24-26,32,38H,3-4,6-10,16-17,20-21,23H2,1-2,5H3,(H,39,40). The lowest BCUT2D eigenvalue weighted by atomic mass is 9.89. The Labute approximate surface area is 252 Å². The molecule has 1 aliphatic rings. The van der Waals surface area contributed by atoms with Crippen LogP contribution in [0.2, 0.25) is 0 Å². The molecule has 3 heterocycles. The third-order valence-corrected chi connectivity index (χ3v) is 8.90. The molecule has 0 bridgehead atoms. The van der Waals surface area contributed by atoms with E-state index in [1.807, 2.05) is 13.2 Å². The van der Waals surface area contributed by atoms with Crippen molar-refractivity contribution in [2.75, 3.05) is 32.0 Å². The Bertz CT molecular complexity index is 1510. The highest BCUT2D eigenvalue weighted by Gasteiger charge is 2.19. The molecule has 1 fully saturated rings. The molecule has 0 saturated carbocycles. The average Bonchev–Trinajstić information content (AvgIpc) is 3.43. The number of unbranched alkanes of at least 4 members (excludes halogenated alkanes) is 2. The van der Waals surface area contributed by atoms with E-state index >= 15 is 0 Å². The molecule has 0 amide bonds. The van der Waals surface area contributed by atoms with Gasteiger partial charge in [0, 0.05) is 30.5 Å². The highest BCUT2D eigenvalue weighted by Crippen LogP contribution is 2.30. The van der Waals surface area contributed by atoms with Crippen LogP contribution in [0.3, 0.4) is 0 Å². The lowest BCUT2D eigenvalue weighted by Crippen LogP contribution is -2.32. The predicted molar refractivity (Wildman–Crippen MR) is 180 cm³/mol. The van der Waals surface area contributed by atoms with Crippen LogP contribution in [0.4, 0.5) is 5.82 Å². The Morgan fingerprint density at radius 1 is 0.952 bits per heavy atom. The first kappa shape index (κ1) is 29.7. The third kappa shape index (κ3) is 6.96. The van der Waals surface area contributed by atoms with Crippen LogP contribution in [-0.2, 0) is 12.8 Å². The Morgan fingerprint density at radius 3 is 2.45 bits per heavy atom. The van der Waals surface area contributed by atoms with Gasteiger partial charge >= 0.3 is 0 Å². The quantitative estimate of drug-likeness (QED) is 0.161. The first-order valence-electron chi connectivity index (χ1n) is 15.7. The summed E-state index contributed by atoms with van der Waals surface area (Å²) >= 11 is 0. The van der Waals surface area contributed by atoms with Gasteiger partial charge in [0.1, 0.15) is 11.6 Å². The van der Waals surface area contributed by atoms with Gasteiger partial charge in [-0.1, -0.05) is 64.1 Å². The molecule has 1 aliphatic heterocycles. The summed E-state index contributed by atoms with van der Waals surface area (Å²) in [7, 11) is 1.92. The number of rotatable bonds is 13. The second kappa shape index (κ2) is 13.9. The first-order valence-corrected chi connectivity index (χ1v) is 15.7. The largest absolute Gasteiger partial charge is 0.375 e. The summed E-state index contributed by atoms with van der Waals surface area (Å²) in [6.07, 6.45) is 12.1. The van der Waals surface area contributed by atoms with Gasteiger partial charge in [0.15, 0.2) is 0 Å². The summed E-state index contributed by atoms with van der Waals surface area (Å²) in [5.41, 5.74) is 8.66. The zero-order valence-electron chi connectivity index (χ0n) is 25.8. The van der Waals surface area contributed by atoms with E-state index < -0.39 is 0 Å². The minimum atomic E-state index is 0.660. The van der Waals surface area contributed by atoms with Crippen molar-refractivity contribution in [1.82, 2.24) is 19.8 Å². The molecule has 0 aliphatic carbocycles. The van der Waals surface area contributed by atoms with Crippen molar-refractivity contribution in [2.24, 2.45) is 0 Å². The summed E-state index contributed by atoms with van der Waals surface area (Å²) in [6, 6.07) is 20.2. The summed E-state index contributed by atoms with van der Waals surface area (Å²) in [6.45, 7) is 16.6. The maximum absolute atomic E-state index is 4.62. The molecule has 0 atom stereocenters. The van der Waals surface area contributed by atoms with E-state index in [0.717, 1.165) is 42.3 Å². The second-order valence-electron chi connectivity index (χ2n) is 11.7. The lowest BCUT2D eigenvalue weighted by molar-refractivity contribution is 0.222. The number of benzene rings is 2. The van der Waals surface area contributed by atoms with Crippen LogP contribution in [0.15, 0.2) is 80.1 Å². The number of aromatic nitrogens is 2. The van der Waals surface area contributed by atoms with Gasteiger partial charge in [0.25, 0.3) is 0 Å². The van der Waals surface area contributed by atoms with Gasteiger partial charge in [0.05, 0.1) is 5.52 Å². The summed E-state index contributed by atoms with van der Waals surface area (Å²) in [5, 5.41) is 7.90.